The van der Waals surface area contributed by atoms with E-state index < -0.39 is 24.0 Å². The molecule has 0 aromatic heterocycles. The van der Waals surface area contributed by atoms with E-state index in [-0.39, 0.29) is 6.42 Å². The second-order valence-corrected chi connectivity index (χ2v) is 2.17. The Labute approximate surface area is 62.5 Å². The van der Waals surface area contributed by atoms with Crippen LogP contribution in [0.25, 0.3) is 0 Å². The van der Waals surface area contributed by atoms with Gasteiger partial charge in [-0.2, -0.15) is 0 Å². The normalized spacial score (nSPS) is 26.0. The van der Waals surface area contributed by atoms with Gasteiger partial charge in [0.2, 0.25) is 0 Å². The van der Waals surface area contributed by atoms with E-state index in [4.69, 9.17) is 6.42 Å². The summed E-state index contributed by atoms with van der Waals surface area (Å²) >= 11 is 0. The molecule has 1 heterocycles. The van der Waals surface area contributed by atoms with E-state index in [2.05, 4.69) is 4.74 Å². The number of halogens is 1. The predicted octanol–water partition coefficient (Wildman–Crippen LogP) is 0.0474. The van der Waals surface area contributed by atoms with Crippen molar-refractivity contribution >= 4 is 11.9 Å². The minimum absolute atomic E-state index is 0.246. The molecule has 1 fully saturated rings. The second kappa shape index (κ2) is 2.70. The van der Waals surface area contributed by atoms with Gasteiger partial charge in [-0.1, -0.05) is 5.92 Å². The van der Waals surface area contributed by atoms with E-state index in [9.17, 15) is 14.0 Å². The van der Waals surface area contributed by atoms with Crippen LogP contribution in [0.1, 0.15) is 6.42 Å². The number of esters is 2. The van der Waals surface area contributed by atoms with Gasteiger partial charge in [0.25, 0.3) is 0 Å². The first-order chi connectivity index (χ1) is 5.15. The average Bonchev–Trinajstić information content (AvgIpc) is 2.28. The second-order valence-electron chi connectivity index (χ2n) is 2.17. The molecule has 0 aromatic carbocycles. The molecule has 0 amide bonds. The van der Waals surface area contributed by atoms with Crippen molar-refractivity contribution in [3.63, 3.8) is 0 Å². The standard InChI is InChI=1S/C7H5FO3/c1-2-5(8)4-3-6(9)11-7(4)10/h1,4-5H,3H2. The van der Waals surface area contributed by atoms with Gasteiger partial charge in [-0.05, 0) is 0 Å². The lowest BCUT2D eigenvalue weighted by molar-refractivity contribution is -0.153. The van der Waals surface area contributed by atoms with Crippen LogP contribution in [0, 0.1) is 18.3 Å². The Morgan fingerprint density at radius 3 is 2.73 bits per heavy atom. The first-order valence-corrected chi connectivity index (χ1v) is 3.00. The number of cyclic esters (lactones) is 2. The van der Waals surface area contributed by atoms with Gasteiger partial charge < -0.3 is 4.74 Å². The molecule has 2 atom stereocenters. The number of rotatable bonds is 1. The zero-order chi connectivity index (χ0) is 8.43. The van der Waals surface area contributed by atoms with Crippen molar-refractivity contribution < 1.29 is 18.7 Å². The van der Waals surface area contributed by atoms with Gasteiger partial charge in [0, 0.05) is 0 Å². The van der Waals surface area contributed by atoms with Gasteiger partial charge in [0.1, 0.15) is 5.92 Å². The number of alkyl halides is 1. The van der Waals surface area contributed by atoms with E-state index in [0.29, 0.717) is 0 Å². The van der Waals surface area contributed by atoms with Gasteiger partial charge >= 0.3 is 11.9 Å². The largest absolute Gasteiger partial charge is 0.393 e. The van der Waals surface area contributed by atoms with Crippen LogP contribution < -0.4 is 0 Å². The molecule has 0 saturated carbocycles. The summed E-state index contributed by atoms with van der Waals surface area (Å²) in [5.74, 6) is -0.923. The third kappa shape index (κ3) is 1.37. The highest BCUT2D eigenvalue weighted by molar-refractivity contribution is 5.95. The zero-order valence-electron chi connectivity index (χ0n) is 5.54. The van der Waals surface area contributed by atoms with Crippen molar-refractivity contribution in [1.82, 2.24) is 0 Å². The van der Waals surface area contributed by atoms with Crippen LogP contribution in [-0.4, -0.2) is 18.1 Å². The molecule has 0 aromatic rings. The molecule has 0 N–H and O–H groups in total. The summed E-state index contributed by atoms with van der Waals surface area (Å²) in [4.78, 5) is 21.0. The Balaban J connectivity index is 2.69. The summed E-state index contributed by atoms with van der Waals surface area (Å²) in [5.41, 5.74) is 0. The fourth-order valence-electron chi connectivity index (χ4n) is 0.832. The maximum atomic E-state index is 12.6. The highest BCUT2D eigenvalue weighted by Crippen LogP contribution is 2.21. The maximum absolute atomic E-state index is 12.6. The Hall–Kier alpha value is -1.37. The third-order valence-corrected chi connectivity index (χ3v) is 1.42. The lowest BCUT2D eigenvalue weighted by Crippen LogP contribution is -2.18. The summed E-state index contributed by atoms with van der Waals surface area (Å²) in [6.07, 6.45) is 2.76. The lowest BCUT2D eigenvalue weighted by atomic mass is 10.0. The molecule has 3 nitrogen and oxygen atoms in total. The smallest absolute Gasteiger partial charge is 0.321 e. The van der Waals surface area contributed by atoms with Crippen LogP contribution >= 0.6 is 0 Å². The van der Waals surface area contributed by atoms with Crippen LogP contribution in [0.15, 0.2) is 0 Å². The molecule has 4 heteroatoms. The van der Waals surface area contributed by atoms with E-state index in [1.54, 1.807) is 5.92 Å². The minimum Gasteiger partial charge on any atom is -0.393 e. The summed E-state index contributed by atoms with van der Waals surface area (Å²) in [5, 5.41) is 0. The van der Waals surface area contributed by atoms with E-state index in [1.165, 1.54) is 0 Å². The molecule has 0 aliphatic carbocycles. The maximum Gasteiger partial charge on any atom is 0.321 e. The molecule has 11 heavy (non-hydrogen) atoms. The third-order valence-electron chi connectivity index (χ3n) is 1.42. The first-order valence-electron chi connectivity index (χ1n) is 3.00. The molecule has 0 spiro atoms. The average molecular weight is 156 g/mol. The van der Waals surface area contributed by atoms with Gasteiger partial charge in [-0.25, -0.2) is 4.39 Å². The van der Waals surface area contributed by atoms with Crippen LogP contribution in [0.5, 0.6) is 0 Å². The molecule has 2 unspecified atom stereocenters. The molecule has 58 valence electrons. The predicted molar refractivity (Wildman–Crippen MR) is 32.9 cm³/mol. The quantitative estimate of drug-likeness (QED) is 0.306. The number of terminal acetylenes is 1. The zero-order valence-corrected chi connectivity index (χ0v) is 5.54. The number of hydrogen-bond acceptors (Lipinski definition) is 3. The fourth-order valence-corrected chi connectivity index (χ4v) is 0.832. The minimum atomic E-state index is -1.71. The molecule has 1 saturated heterocycles. The monoisotopic (exact) mass is 156 g/mol. The van der Waals surface area contributed by atoms with Crippen molar-refractivity contribution in [2.45, 2.75) is 12.6 Å². The van der Waals surface area contributed by atoms with E-state index in [1.807, 2.05) is 0 Å². The van der Waals surface area contributed by atoms with Crippen molar-refractivity contribution in [2.24, 2.45) is 5.92 Å². The first kappa shape index (κ1) is 7.73. The summed E-state index contributed by atoms with van der Waals surface area (Å²) in [7, 11) is 0. The topological polar surface area (TPSA) is 43.4 Å². The molecule has 0 bridgehead atoms. The van der Waals surface area contributed by atoms with Gasteiger partial charge in [0.05, 0.1) is 6.42 Å². The van der Waals surface area contributed by atoms with Crippen LogP contribution in [-0.2, 0) is 14.3 Å². The summed E-state index contributed by atoms with van der Waals surface area (Å²) < 4.78 is 16.7. The lowest BCUT2D eigenvalue weighted by Gasteiger charge is -2.01. The number of ether oxygens (including phenoxy) is 1. The highest BCUT2D eigenvalue weighted by Gasteiger charge is 2.38. The Kier molecular flexibility index (Phi) is 1.90. The van der Waals surface area contributed by atoms with Crippen molar-refractivity contribution in [3.05, 3.63) is 0 Å². The Bertz CT molecular complexity index is 241. The molecule has 0 radical (unpaired) electrons. The van der Waals surface area contributed by atoms with E-state index in [0.717, 1.165) is 0 Å². The van der Waals surface area contributed by atoms with Crippen LogP contribution in [0.2, 0.25) is 0 Å². The Morgan fingerprint density at radius 2 is 2.36 bits per heavy atom. The summed E-state index contributed by atoms with van der Waals surface area (Å²) in [6, 6.07) is 0. The molecule has 1 rings (SSSR count). The molecular formula is C7H5FO3. The van der Waals surface area contributed by atoms with Crippen LogP contribution in [0.3, 0.4) is 0 Å². The molecule has 1 aliphatic rings. The molecular weight excluding hydrogens is 151 g/mol. The SMILES string of the molecule is C#CC(F)C1CC(=O)OC1=O. The number of carbonyl (C=O) groups is 2. The fraction of sp³-hybridized carbons (Fsp3) is 0.429. The number of hydrogen-bond donors (Lipinski definition) is 0. The van der Waals surface area contributed by atoms with Crippen LogP contribution in [0.4, 0.5) is 4.39 Å². The van der Waals surface area contributed by atoms with Crippen molar-refractivity contribution in [3.8, 4) is 12.3 Å². The van der Waals surface area contributed by atoms with Crippen molar-refractivity contribution in [2.75, 3.05) is 0 Å². The van der Waals surface area contributed by atoms with Crippen molar-refractivity contribution in [1.29, 1.82) is 0 Å². The van der Waals surface area contributed by atoms with Gasteiger partial charge in [0.15, 0.2) is 6.17 Å². The Morgan fingerprint density at radius 1 is 1.73 bits per heavy atom. The van der Waals surface area contributed by atoms with Gasteiger partial charge in [-0.15, -0.1) is 6.42 Å². The van der Waals surface area contributed by atoms with E-state index >= 15 is 0 Å². The number of carbonyl (C=O) groups excluding carboxylic acids is 2. The molecule has 1 aliphatic heterocycles. The van der Waals surface area contributed by atoms with Gasteiger partial charge in [-0.3, -0.25) is 9.59 Å². The highest BCUT2D eigenvalue weighted by atomic mass is 19.1. The summed E-state index contributed by atoms with van der Waals surface area (Å²) in [6.45, 7) is 0.